The van der Waals surface area contributed by atoms with Gasteiger partial charge in [-0.25, -0.2) is 0 Å². The average Bonchev–Trinajstić information content (AvgIpc) is 2.15. The van der Waals surface area contributed by atoms with Gasteiger partial charge in [-0.1, -0.05) is 0 Å². The highest BCUT2D eigenvalue weighted by molar-refractivity contribution is 6.55. The van der Waals surface area contributed by atoms with Gasteiger partial charge in [-0.3, -0.25) is 4.79 Å². The van der Waals surface area contributed by atoms with Gasteiger partial charge in [0.25, 0.3) is 5.97 Å². The molecule has 5 nitrogen and oxygen atoms in total. The van der Waals surface area contributed by atoms with E-state index in [4.69, 9.17) is 29.3 Å². The Morgan fingerprint density at radius 2 is 1.69 bits per heavy atom. The van der Waals surface area contributed by atoms with Gasteiger partial charge in [-0.2, -0.15) is 0 Å². The van der Waals surface area contributed by atoms with E-state index >= 15 is 0 Å². The van der Waals surface area contributed by atoms with Gasteiger partial charge in [0, 0.05) is 27.2 Å². The maximum Gasteiger partial charge on any atom is 0.750 e. The van der Waals surface area contributed by atoms with Crippen LogP contribution in [0.25, 0.3) is 0 Å². The van der Waals surface area contributed by atoms with Crippen LogP contribution in [0, 0.1) is 0 Å². The second-order valence-corrected chi connectivity index (χ2v) is 4.83. The van der Waals surface area contributed by atoms with Crippen molar-refractivity contribution in [1.29, 1.82) is 0 Å². The molecule has 78 valence electrons. The Kier molecular flexibility index (Phi) is 6.26. The number of rotatable bonds is 6. The van der Waals surface area contributed by atoms with Crippen molar-refractivity contribution in [3.63, 3.8) is 0 Å². The third-order valence-corrected chi connectivity index (χ3v) is 3.45. The molecule has 0 radical (unpaired) electrons. The summed E-state index contributed by atoms with van der Waals surface area (Å²) in [5.74, 6) is -0.298. The fraction of sp³-hybridized carbons (Fsp3) is 0.833. The van der Waals surface area contributed by atoms with E-state index in [0.29, 0.717) is 0 Å². The summed E-state index contributed by atoms with van der Waals surface area (Å²) < 4.78 is 19.5. The van der Waals surface area contributed by atoms with E-state index in [2.05, 4.69) is 0 Å². The first-order valence-corrected chi connectivity index (χ1v) is 5.74. The minimum Gasteiger partial charge on any atom is -0.452 e. The quantitative estimate of drug-likeness (QED) is 0.491. The molecule has 0 aliphatic heterocycles. The monoisotopic (exact) mass is 228 g/mol. The molecule has 0 fully saturated rings. The summed E-state index contributed by atoms with van der Waals surface area (Å²) in [5.41, 5.74) is 0. The second kappa shape index (κ2) is 6.33. The molecule has 0 saturated carbocycles. The maximum absolute atomic E-state index is 11.0. The van der Waals surface area contributed by atoms with E-state index in [1.165, 1.54) is 21.3 Å². The van der Waals surface area contributed by atoms with Crippen LogP contribution >= 0.6 is 11.6 Å². The fourth-order valence-corrected chi connectivity index (χ4v) is 1.93. The van der Waals surface area contributed by atoms with E-state index < -0.39 is 15.0 Å². The largest absolute Gasteiger partial charge is 0.750 e. The SMILES string of the molecule is CO[Si](OC)(OC)OC(=O)CCCl. The first-order valence-electron chi connectivity index (χ1n) is 3.57. The Bertz CT molecular complexity index is 153. The Morgan fingerprint density at radius 3 is 2.00 bits per heavy atom. The zero-order chi connectivity index (χ0) is 10.3. The van der Waals surface area contributed by atoms with Crippen LogP contribution in [0.5, 0.6) is 0 Å². The van der Waals surface area contributed by atoms with Crippen molar-refractivity contribution in [2.45, 2.75) is 6.42 Å². The van der Waals surface area contributed by atoms with E-state index in [1.54, 1.807) is 0 Å². The molecule has 0 heterocycles. The number of carbonyl (C=O) groups is 1. The van der Waals surface area contributed by atoms with Gasteiger partial charge in [0.1, 0.15) is 0 Å². The normalized spacial score (nSPS) is 11.4. The first-order chi connectivity index (χ1) is 6.14. The molecule has 0 aliphatic rings. The lowest BCUT2D eigenvalue weighted by molar-refractivity contribution is -0.142. The van der Waals surface area contributed by atoms with Crippen LogP contribution in [0.2, 0.25) is 0 Å². The molecule has 0 amide bonds. The fourth-order valence-electron chi connectivity index (χ4n) is 0.643. The molecule has 0 N–H and O–H groups in total. The van der Waals surface area contributed by atoms with Crippen LogP contribution < -0.4 is 0 Å². The molecule has 0 aliphatic carbocycles. The number of hydrogen-bond donors (Lipinski definition) is 0. The van der Waals surface area contributed by atoms with E-state index in [-0.39, 0.29) is 12.3 Å². The Balaban J connectivity index is 4.16. The standard InChI is InChI=1S/C6H13ClO5Si/c1-9-13(10-2,11-3)12-6(8)4-5-7/h4-5H2,1-3H3. The highest BCUT2D eigenvalue weighted by Crippen LogP contribution is 2.09. The summed E-state index contributed by atoms with van der Waals surface area (Å²) in [4.78, 5) is 11.0. The molecule has 7 heteroatoms. The molecular formula is C6H13ClO5Si. The molecule has 0 saturated heterocycles. The van der Waals surface area contributed by atoms with Crippen molar-refractivity contribution >= 4 is 26.6 Å². The summed E-state index contributed by atoms with van der Waals surface area (Å²) in [5, 5.41) is 0. The van der Waals surface area contributed by atoms with Crippen molar-refractivity contribution in [2.75, 3.05) is 27.2 Å². The zero-order valence-electron chi connectivity index (χ0n) is 7.83. The summed E-state index contributed by atoms with van der Waals surface area (Å²) >= 11 is 5.35. The van der Waals surface area contributed by atoms with Gasteiger partial charge < -0.3 is 17.7 Å². The Labute approximate surface area is 83.4 Å². The number of carbonyl (C=O) groups excluding carboxylic acids is 1. The van der Waals surface area contributed by atoms with Crippen molar-refractivity contribution in [3.05, 3.63) is 0 Å². The lowest BCUT2D eigenvalue weighted by atomic mass is 10.5. The molecule has 0 aromatic heterocycles. The van der Waals surface area contributed by atoms with Gasteiger partial charge in [0.15, 0.2) is 0 Å². The number of halogens is 1. The van der Waals surface area contributed by atoms with Crippen LogP contribution in [0.4, 0.5) is 0 Å². The minimum absolute atomic E-state index is 0.104. The minimum atomic E-state index is -3.23. The Hall–Kier alpha value is -0.143. The average molecular weight is 229 g/mol. The summed E-state index contributed by atoms with van der Waals surface area (Å²) in [6.45, 7) is 0. The molecule has 0 atom stereocenters. The summed E-state index contributed by atoms with van der Waals surface area (Å²) in [6.07, 6.45) is 0.104. The third-order valence-electron chi connectivity index (χ3n) is 1.29. The topological polar surface area (TPSA) is 54.0 Å². The summed E-state index contributed by atoms with van der Waals surface area (Å²) in [6, 6.07) is 0. The molecule has 0 rings (SSSR count). The van der Waals surface area contributed by atoms with Gasteiger partial charge in [-0.15, -0.1) is 11.6 Å². The lowest BCUT2D eigenvalue weighted by Crippen LogP contribution is -2.48. The molecule has 0 aromatic rings. The van der Waals surface area contributed by atoms with Crippen molar-refractivity contribution < 1.29 is 22.5 Å². The van der Waals surface area contributed by atoms with Crippen molar-refractivity contribution in [3.8, 4) is 0 Å². The van der Waals surface area contributed by atoms with Gasteiger partial charge in [-0.05, 0) is 0 Å². The highest BCUT2D eigenvalue weighted by atomic mass is 35.5. The predicted molar refractivity (Wildman–Crippen MR) is 48.2 cm³/mol. The van der Waals surface area contributed by atoms with E-state index in [0.717, 1.165) is 0 Å². The van der Waals surface area contributed by atoms with E-state index in [9.17, 15) is 4.79 Å². The predicted octanol–water partition coefficient (Wildman–Crippen LogP) is 0.533. The molecule has 0 bridgehead atoms. The van der Waals surface area contributed by atoms with Crippen LogP contribution in [0.1, 0.15) is 6.42 Å². The van der Waals surface area contributed by atoms with Crippen molar-refractivity contribution in [2.24, 2.45) is 0 Å². The number of hydrogen-bond acceptors (Lipinski definition) is 5. The summed E-state index contributed by atoms with van der Waals surface area (Å²) in [7, 11) is 0.837. The zero-order valence-corrected chi connectivity index (χ0v) is 9.59. The van der Waals surface area contributed by atoms with Crippen LogP contribution in [-0.4, -0.2) is 42.2 Å². The molecule has 13 heavy (non-hydrogen) atoms. The molecule has 0 spiro atoms. The van der Waals surface area contributed by atoms with Crippen molar-refractivity contribution in [1.82, 2.24) is 0 Å². The first kappa shape index (κ1) is 12.9. The number of alkyl halides is 1. The molecule has 0 unspecified atom stereocenters. The second-order valence-electron chi connectivity index (χ2n) is 2.03. The Morgan fingerprint density at radius 1 is 1.23 bits per heavy atom. The van der Waals surface area contributed by atoms with Crippen LogP contribution in [0.15, 0.2) is 0 Å². The van der Waals surface area contributed by atoms with Gasteiger partial charge >= 0.3 is 9.05 Å². The highest BCUT2D eigenvalue weighted by Gasteiger charge is 2.46. The molecular weight excluding hydrogens is 216 g/mol. The van der Waals surface area contributed by atoms with E-state index in [1.807, 2.05) is 0 Å². The smallest absolute Gasteiger partial charge is 0.452 e. The maximum atomic E-state index is 11.0. The van der Waals surface area contributed by atoms with Gasteiger partial charge in [0.2, 0.25) is 0 Å². The lowest BCUT2D eigenvalue weighted by Gasteiger charge is -2.21. The molecule has 0 aromatic carbocycles. The third kappa shape index (κ3) is 4.05. The van der Waals surface area contributed by atoms with Gasteiger partial charge in [0.05, 0.1) is 6.42 Å². The van der Waals surface area contributed by atoms with Crippen LogP contribution in [0.3, 0.4) is 0 Å². The van der Waals surface area contributed by atoms with Crippen LogP contribution in [-0.2, 0) is 22.5 Å².